The highest BCUT2D eigenvalue weighted by atomic mass is 35.5. The van der Waals surface area contributed by atoms with E-state index in [1.165, 1.54) is 0 Å². The molecular formula is C9H9ClO. The minimum absolute atomic E-state index is 0.715. The fourth-order valence-corrected chi connectivity index (χ4v) is 1.15. The number of aldehydes is 1. The average molecular weight is 169 g/mol. The van der Waals surface area contributed by atoms with Crippen molar-refractivity contribution >= 4 is 17.9 Å². The number of hydrogen-bond donors (Lipinski definition) is 0. The summed E-state index contributed by atoms with van der Waals surface area (Å²) in [5.41, 5.74) is 2.59. The maximum atomic E-state index is 10.4. The molecule has 0 aliphatic rings. The zero-order chi connectivity index (χ0) is 8.43. The Morgan fingerprint density at radius 3 is 2.45 bits per heavy atom. The van der Waals surface area contributed by atoms with E-state index < -0.39 is 0 Å². The van der Waals surface area contributed by atoms with Gasteiger partial charge in [0.1, 0.15) is 6.29 Å². The molecule has 0 aliphatic heterocycles. The van der Waals surface area contributed by atoms with Crippen LogP contribution in [0.15, 0.2) is 12.1 Å². The molecule has 1 rings (SSSR count). The van der Waals surface area contributed by atoms with Crippen molar-refractivity contribution in [1.29, 1.82) is 0 Å². The molecule has 0 radical (unpaired) electrons. The van der Waals surface area contributed by atoms with Gasteiger partial charge < -0.3 is 0 Å². The number of halogens is 1. The van der Waals surface area contributed by atoms with Gasteiger partial charge >= 0.3 is 0 Å². The number of benzene rings is 1. The van der Waals surface area contributed by atoms with Gasteiger partial charge in [0.25, 0.3) is 0 Å². The molecule has 0 unspecified atom stereocenters. The van der Waals surface area contributed by atoms with Crippen LogP contribution >= 0.6 is 11.6 Å². The zero-order valence-electron chi connectivity index (χ0n) is 6.52. The van der Waals surface area contributed by atoms with Crippen molar-refractivity contribution in [2.24, 2.45) is 0 Å². The summed E-state index contributed by atoms with van der Waals surface area (Å²) in [6.45, 7) is 3.75. The van der Waals surface area contributed by atoms with Gasteiger partial charge in [-0.25, -0.2) is 0 Å². The molecule has 11 heavy (non-hydrogen) atoms. The molecular weight excluding hydrogens is 160 g/mol. The van der Waals surface area contributed by atoms with Gasteiger partial charge in [0, 0.05) is 10.6 Å². The number of carbonyl (C=O) groups is 1. The Balaban J connectivity index is 3.31. The summed E-state index contributed by atoms with van der Waals surface area (Å²) < 4.78 is 0. The van der Waals surface area contributed by atoms with Crippen molar-refractivity contribution < 1.29 is 4.79 Å². The monoisotopic (exact) mass is 168 g/mol. The van der Waals surface area contributed by atoms with Gasteiger partial charge in [-0.2, -0.15) is 0 Å². The van der Waals surface area contributed by atoms with E-state index in [2.05, 4.69) is 0 Å². The molecule has 1 nitrogen and oxygen atoms in total. The predicted octanol–water partition coefficient (Wildman–Crippen LogP) is 2.77. The first kappa shape index (κ1) is 8.28. The van der Waals surface area contributed by atoms with Gasteiger partial charge in [-0.1, -0.05) is 11.6 Å². The summed E-state index contributed by atoms with van der Waals surface area (Å²) >= 11 is 5.83. The highest BCUT2D eigenvalue weighted by Gasteiger charge is 2.00. The van der Waals surface area contributed by atoms with Gasteiger partial charge in [0.15, 0.2) is 0 Å². The van der Waals surface area contributed by atoms with E-state index in [0.29, 0.717) is 10.6 Å². The molecule has 0 amide bonds. The molecule has 0 fully saturated rings. The molecule has 58 valence electrons. The Labute approximate surface area is 71.0 Å². The van der Waals surface area contributed by atoms with Crippen LogP contribution < -0.4 is 0 Å². The van der Waals surface area contributed by atoms with Gasteiger partial charge in [0.05, 0.1) is 0 Å². The fourth-order valence-electron chi connectivity index (χ4n) is 0.930. The number of aryl methyl sites for hydroxylation is 2. The van der Waals surface area contributed by atoms with E-state index in [-0.39, 0.29) is 0 Å². The maximum Gasteiger partial charge on any atom is 0.150 e. The Kier molecular flexibility index (Phi) is 2.30. The van der Waals surface area contributed by atoms with E-state index in [1.54, 1.807) is 12.1 Å². The van der Waals surface area contributed by atoms with E-state index in [4.69, 9.17) is 11.6 Å². The van der Waals surface area contributed by atoms with Crippen molar-refractivity contribution in [2.75, 3.05) is 0 Å². The Morgan fingerprint density at radius 2 is 1.91 bits per heavy atom. The lowest BCUT2D eigenvalue weighted by molar-refractivity contribution is 0.112. The molecule has 1 aromatic rings. The van der Waals surface area contributed by atoms with Crippen molar-refractivity contribution in [2.45, 2.75) is 13.8 Å². The quantitative estimate of drug-likeness (QED) is 0.590. The molecule has 0 heterocycles. The third kappa shape index (κ3) is 1.60. The van der Waals surface area contributed by atoms with Crippen molar-refractivity contribution in [3.8, 4) is 0 Å². The van der Waals surface area contributed by atoms with Crippen molar-refractivity contribution in [3.05, 3.63) is 33.8 Å². The number of carbonyl (C=O) groups excluding carboxylic acids is 1. The molecule has 0 saturated carbocycles. The van der Waals surface area contributed by atoms with Crippen LogP contribution in [0.2, 0.25) is 5.02 Å². The molecule has 0 bridgehead atoms. The lowest BCUT2D eigenvalue weighted by Gasteiger charge is -2.01. The van der Waals surface area contributed by atoms with Crippen molar-refractivity contribution in [3.63, 3.8) is 0 Å². The van der Waals surface area contributed by atoms with Crippen LogP contribution in [0, 0.1) is 13.8 Å². The zero-order valence-corrected chi connectivity index (χ0v) is 7.27. The Bertz CT molecular complexity index is 292. The van der Waals surface area contributed by atoms with Gasteiger partial charge in [-0.3, -0.25) is 4.79 Å². The first-order valence-electron chi connectivity index (χ1n) is 3.37. The molecule has 1 aromatic carbocycles. The largest absolute Gasteiger partial charge is 0.298 e. The molecule has 0 aromatic heterocycles. The standard InChI is InChI=1S/C9H9ClO/c1-6-4-9(10)7(2)3-8(6)5-11/h3-5H,1-2H3. The highest BCUT2D eigenvalue weighted by Crippen LogP contribution is 2.18. The van der Waals surface area contributed by atoms with Crippen LogP contribution in [-0.2, 0) is 0 Å². The van der Waals surface area contributed by atoms with Crippen LogP contribution in [-0.4, -0.2) is 6.29 Å². The van der Waals surface area contributed by atoms with E-state index in [1.807, 2.05) is 13.8 Å². The van der Waals surface area contributed by atoms with Gasteiger partial charge in [-0.15, -0.1) is 0 Å². The molecule has 0 saturated heterocycles. The van der Waals surface area contributed by atoms with E-state index in [9.17, 15) is 4.79 Å². The van der Waals surface area contributed by atoms with Crippen molar-refractivity contribution in [1.82, 2.24) is 0 Å². The lowest BCUT2D eigenvalue weighted by atomic mass is 10.1. The van der Waals surface area contributed by atoms with Crippen LogP contribution in [0.1, 0.15) is 21.5 Å². The average Bonchev–Trinajstić information content (AvgIpc) is 1.97. The van der Waals surface area contributed by atoms with Crippen LogP contribution in [0.4, 0.5) is 0 Å². The minimum Gasteiger partial charge on any atom is -0.298 e. The van der Waals surface area contributed by atoms with Gasteiger partial charge in [-0.05, 0) is 37.1 Å². The Hall–Kier alpha value is -0.820. The normalized spacial score (nSPS) is 9.73. The number of rotatable bonds is 1. The molecule has 0 N–H and O–H groups in total. The predicted molar refractivity (Wildman–Crippen MR) is 46.3 cm³/mol. The second kappa shape index (κ2) is 3.05. The third-order valence-corrected chi connectivity index (χ3v) is 2.08. The first-order chi connectivity index (χ1) is 5.15. The first-order valence-corrected chi connectivity index (χ1v) is 3.75. The lowest BCUT2D eigenvalue weighted by Crippen LogP contribution is -1.87. The second-order valence-electron chi connectivity index (χ2n) is 2.58. The molecule has 2 heteroatoms. The van der Waals surface area contributed by atoms with Crippen LogP contribution in [0.5, 0.6) is 0 Å². The van der Waals surface area contributed by atoms with E-state index in [0.717, 1.165) is 17.4 Å². The molecule has 0 atom stereocenters. The summed E-state index contributed by atoms with van der Waals surface area (Å²) in [6.07, 6.45) is 0.846. The summed E-state index contributed by atoms with van der Waals surface area (Å²) in [4.78, 5) is 10.4. The molecule has 0 aliphatic carbocycles. The third-order valence-electron chi connectivity index (χ3n) is 1.67. The molecule has 0 spiro atoms. The maximum absolute atomic E-state index is 10.4. The van der Waals surface area contributed by atoms with E-state index >= 15 is 0 Å². The SMILES string of the molecule is Cc1cc(C=O)c(C)cc1Cl. The minimum atomic E-state index is 0.715. The summed E-state index contributed by atoms with van der Waals surface area (Å²) in [7, 11) is 0. The fraction of sp³-hybridized carbons (Fsp3) is 0.222. The summed E-state index contributed by atoms with van der Waals surface area (Å²) in [5.74, 6) is 0. The summed E-state index contributed by atoms with van der Waals surface area (Å²) in [5, 5.41) is 0.716. The van der Waals surface area contributed by atoms with Crippen LogP contribution in [0.25, 0.3) is 0 Å². The second-order valence-corrected chi connectivity index (χ2v) is 2.98. The smallest absolute Gasteiger partial charge is 0.150 e. The Morgan fingerprint density at radius 1 is 1.27 bits per heavy atom. The highest BCUT2D eigenvalue weighted by molar-refractivity contribution is 6.31. The topological polar surface area (TPSA) is 17.1 Å². The van der Waals surface area contributed by atoms with Crippen LogP contribution in [0.3, 0.4) is 0 Å². The van der Waals surface area contributed by atoms with Gasteiger partial charge in [0.2, 0.25) is 0 Å². The summed E-state index contributed by atoms with van der Waals surface area (Å²) in [6, 6.07) is 3.60. The number of hydrogen-bond acceptors (Lipinski definition) is 1.